The molecule has 0 aromatic carbocycles. The third-order valence-corrected chi connectivity index (χ3v) is 2.50. The molecule has 0 amide bonds. The van der Waals surface area contributed by atoms with Gasteiger partial charge in [-0.25, -0.2) is 0 Å². The summed E-state index contributed by atoms with van der Waals surface area (Å²) in [6.07, 6.45) is 6.04. The van der Waals surface area contributed by atoms with E-state index in [9.17, 15) is 0 Å². The van der Waals surface area contributed by atoms with E-state index >= 15 is 0 Å². The smallest absolute Gasteiger partial charge is 0.0944 e. The summed E-state index contributed by atoms with van der Waals surface area (Å²) in [5.74, 6) is 0. The molecule has 0 spiro atoms. The zero-order chi connectivity index (χ0) is 8.60. The second-order valence-corrected chi connectivity index (χ2v) is 3.45. The Kier molecular flexibility index (Phi) is 1.65. The zero-order valence-electron chi connectivity index (χ0n) is 7.50. The molecule has 2 nitrogen and oxygen atoms in total. The molecule has 64 valence electrons. The van der Waals surface area contributed by atoms with Crippen molar-refractivity contribution in [2.75, 3.05) is 7.11 Å². The van der Waals surface area contributed by atoms with Gasteiger partial charge in [-0.05, 0) is 25.3 Å². The second-order valence-electron chi connectivity index (χ2n) is 3.45. The molecule has 0 atom stereocenters. The number of ether oxygens (including phenoxy) is 1. The Morgan fingerprint density at radius 3 is 2.67 bits per heavy atom. The summed E-state index contributed by atoms with van der Waals surface area (Å²) in [5, 5.41) is 0. The summed E-state index contributed by atoms with van der Waals surface area (Å²) in [6.45, 7) is 2.06. The first-order chi connectivity index (χ1) is 5.77. The van der Waals surface area contributed by atoms with Gasteiger partial charge in [0, 0.05) is 25.1 Å². The van der Waals surface area contributed by atoms with Gasteiger partial charge >= 0.3 is 0 Å². The molecule has 1 aromatic rings. The standard InChI is InChI=1S/C10H13NO/c1-8-5-9(7-11-6-8)10(12-2)3-4-10/h5-7H,3-4H2,1-2H3. The summed E-state index contributed by atoms with van der Waals surface area (Å²) in [5.41, 5.74) is 2.44. The first kappa shape index (κ1) is 7.74. The Balaban J connectivity index is 2.34. The zero-order valence-corrected chi connectivity index (χ0v) is 7.50. The predicted octanol–water partition coefficient (Wildman–Crippen LogP) is 2.03. The highest BCUT2D eigenvalue weighted by molar-refractivity contribution is 5.27. The quantitative estimate of drug-likeness (QED) is 0.665. The third-order valence-electron chi connectivity index (χ3n) is 2.50. The van der Waals surface area contributed by atoms with E-state index < -0.39 is 0 Å². The van der Waals surface area contributed by atoms with Gasteiger partial charge in [-0.3, -0.25) is 4.98 Å². The van der Waals surface area contributed by atoms with Crippen LogP contribution >= 0.6 is 0 Å². The van der Waals surface area contributed by atoms with E-state index in [2.05, 4.69) is 18.0 Å². The Hall–Kier alpha value is -0.890. The number of hydrogen-bond acceptors (Lipinski definition) is 2. The van der Waals surface area contributed by atoms with Crippen LogP contribution in [0.25, 0.3) is 0 Å². The van der Waals surface area contributed by atoms with Gasteiger partial charge in [-0.1, -0.05) is 6.07 Å². The van der Waals surface area contributed by atoms with Crippen LogP contribution in [0.3, 0.4) is 0 Å². The van der Waals surface area contributed by atoms with Gasteiger partial charge in [0.1, 0.15) is 0 Å². The van der Waals surface area contributed by atoms with Crippen molar-refractivity contribution < 1.29 is 4.74 Å². The SMILES string of the molecule is COC1(c2cncc(C)c2)CC1. The fraction of sp³-hybridized carbons (Fsp3) is 0.500. The van der Waals surface area contributed by atoms with Crippen LogP contribution in [0.4, 0.5) is 0 Å². The first-order valence-electron chi connectivity index (χ1n) is 4.24. The van der Waals surface area contributed by atoms with E-state index in [4.69, 9.17) is 4.74 Å². The number of aryl methyl sites for hydroxylation is 1. The molecule has 1 heterocycles. The number of nitrogens with zero attached hydrogens (tertiary/aromatic N) is 1. The summed E-state index contributed by atoms with van der Waals surface area (Å²) in [7, 11) is 1.77. The van der Waals surface area contributed by atoms with E-state index in [0.29, 0.717) is 0 Å². The molecule has 0 bridgehead atoms. The Morgan fingerprint density at radius 2 is 2.17 bits per heavy atom. The lowest BCUT2D eigenvalue weighted by Gasteiger charge is -2.12. The van der Waals surface area contributed by atoms with Crippen molar-refractivity contribution in [3.8, 4) is 0 Å². The fourth-order valence-corrected chi connectivity index (χ4v) is 1.53. The van der Waals surface area contributed by atoms with Crippen LogP contribution in [0, 0.1) is 6.92 Å². The summed E-state index contributed by atoms with van der Waals surface area (Å²) >= 11 is 0. The molecule has 2 rings (SSSR count). The first-order valence-corrected chi connectivity index (χ1v) is 4.24. The van der Waals surface area contributed by atoms with Crippen LogP contribution in [0.2, 0.25) is 0 Å². The van der Waals surface area contributed by atoms with Crippen molar-refractivity contribution in [1.82, 2.24) is 4.98 Å². The van der Waals surface area contributed by atoms with Gasteiger partial charge in [0.25, 0.3) is 0 Å². The molecule has 12 heavy (non-hydrogen) atoms. The van der Waals surface area contributed by atoms with Crippen molar-refractivity contribution in [3.05, 3.63) is 29.6 Å². The molecule has 1 fully saturated rings. The molecular weight excluding hydrogens is 150 g/mol. The number of hydrogen-bond donors (Lipinski definition) is 0. The second kappa shape index (κ2) is 2.56. The van der Waals surface area contributed by atoms with Crippen molar-refractivity contribution in [2.45, 2.75) is 25.4 Å². The van der Waals surface area contributed by atoms with Gasteiger partial charge in [0.05, 0.1) is 5.60 Å². The topological polar surface area (TPSA) is 22.1 Å². The normalized spacial score (nSPS) is 19.2. The molecule has 0 saturated heterocycles. The maximum absolute atomic E-state index is 5.45. The third kappa shape index (κ3) is 1.12. The van der Waals surface area contributed by atoms with Crippen LogP contribution in [0.15, 0.2) is 18.5 Å². The maximum atomic E-state index is 5.45. The van der Waals surface area contributed by atoms with E-state index in [1.54, 1.807) is 7.11 Å². The lowest BCUT2D eigenvalue weighted by Crippen LogP contribution is -2.09. The highest BCUT2D eigenvalue weighted by Gasteiger charge is 2.44. The van der Waals surface area contributed by atoms with Gasteiger partial charge in [-0.15, -0.1) is 0 Å². The summed E-state index contributed by atoms with van der Waals surface area (Å²) < 4.78 is 5.45. The van der Waals surface area contributed by atoms with Crippen LogP contribution in [0.1, 0.15) is 24.0 Å². The predicted molar refractivity (Wildman–Crippen MR) is 46.9 cm³/mol. The number of aromatic nitrogens is 1. The minimum Gasteiger partial charge on any atom is -0.373 e. The average Bonchev–Trinajstić information content (AvgIpc) is 2.84. The summed E-state index contributed by atoms with van der Waals surface area (Å²) in [4.78, 5) is 4.16. The fourth-order valence-electron chi connectivity index (χ4n) is 1.53. The van der Waals surface area contributed by atoms with Crippen molar-refractivity contribution in [1.29, 1.82) is 0 Å². The van der Waals surface area contributed by atoms with Gasteiger partial charge in [0.15, 0.2) is 0 Å². The van der Waals surface area contributed by atoms with E-state index in [1.807, 2.05) is 12.4 Å². The average molecular weight is 163 g/mol. The van der Waals surface area contributed by atoms with Crippen LogP contribution in [-0.4, -0.2) is 12.1 Å². The molecular formula is C10H13NO. The van der Waals surface area contributed by atoms with Crippen molar-refractivity contribution in [2.24, 2.45) is 0 Å². The lowest BCUT2D eigenvalue weighted by atomic mass is 10.1. The van der Waals surface area contributed by atoms with Gasteiger partial charge < -0.3 is 4.74 Å². The van der Waals surface area contributed by atoms with Gasteiger partial charge in [0.2, 0.25) is 0 Å². The Bertz CT molecular complexity index is 292. The largest absolute Gasteiger partial charge is 0.373 e. The molecule has 0 radical (unpaired) electrons. The minimum atomic E-state index is 0.0129. The molecule has 1 aliphatic carbocycles. The minimum absolute atomic E-state index is 0.0129. The molecule has 0 N–H and O–H groups in total. The Labute approximate surface area is 72.6 Å². The van der Waals surface area contributed by atoms with E-state index in [0.717, 1.165) is 12.8 Å². The van der Waals surface area contributed by atoms with Crippen LogP contribution < -0.4 is 0 Å². The highest BCUT2D eigenvalue weighted by atomic mass is 16.5. The van der Waals surface area contributed by atoms with Crippen molar-refractivity contribution in [3.63, 3.8) is 0 Å². The molecule has 0 unspecified atom stereocenters. The lowest BCUT2D eigenvalue weighted by molar-refractivity contribution is 0.0786. The number of pyridine rings is 1. The monoisotopic (exact) mass is 163 g/mol. The molecule has 1 saturated carbocycles. The summed E-state index contributed by atoms with van der Waals surface area (Å²) in [6, 6.07) is 2.16. The molecule has 2 heteroatoms. The molecule has 1 aromatic heterocycles. The van der Waals surface area contributed by atoms with Crippen LogP contribution in [0.5, 0.6) is 0 Å². The number of rotatable bonds is 2. The molecule has 1 aliphatic rings. The van der Waals surface area contributed by atoms with Gasteiger partial charge in [-0.2, -0.15) is 0 Å². The molecule has 0 aliphatic heterocycles. The maximum Gasteiger partial charge on any atom is 0.0944 e. The Morgan fingerprint density at radius 1 is 1.42 bits per heavy atom. The number of methoxy groups -OCH3 is 1. The van der Waals surface area contributed by atoms with Crippen molar-refractivity contribution >= 4 is 0 Å². The van der Waals surface area contributed by atoms with Crippen LogP contribution in [-0.2, 0) is 10.3 Å². The highest BCUT2D eigenvalue weighted by Crippen LogP contribution is 2.48. The van der Waals surface area contributed by atoms with E-state index in [1.165, 1.54) is 11.1 Å². The van der Waals surface area contributed by atoms with E-state index in [-0.39, 0.29) is 5.60 Å².